The molecule has 0 spiro atoms. The molecule has 0 saturated heterocycles. The molecule has 0 aliphatic carbocycles. The predicted octanol–water partition coefficient (Wildman–Crippen LogP) is 7.86. The van der Waals surface area contributed by atoms with Crippen LogP contribution in [0.15, 0.2) is 48.5 Å². The fraction of sp³-hybridized carbons (Fsp3) is 0.219. The molecule has 2 aromatic carbocycles. The Labute approximate surface area is 279 Å². The second-order valence-electron chi connectivity index (χ2n) is 9.94. The molecule has 0 fully saturated rings. The molecule has 5 rings (SSSR count). The summed E-state index contributed by atoms with van der Waals surface area (Å²) in [4.78, 5) is 15.2. The zero-order chi connectivity index (χ0) is 36.1. The van der Waals surface area contributed by atoms with E-state index in [9.17, 15) is 31.6 Å². The van der Waals surface area contributed by atoms with E-state index in [-0.39, 0.29) is 75.9 Å². The minimum atomic E-state index is -4.59. The molecule has 5 aromatic rings. The van der Waals surface area contributed by atoms with Crippen molar-refractivity contribution in [1.29, 1.82) is 10.5 Å². The number of imidazole rings is 1. The van der Waals surface area contributed by atoms with Gasteiger partial charge in [0, 0.05) is 11.1 Å². The van der Waals surface area contributed by atoms with Crippen LogP contribution in [0, 0.1) is 22.7 Å². The summed E-state index contributed by atoms with van der Waals surface area (Å²) in [5.41, 5.74) is 10.9. The summed E-state index contributed by atoms with van der Waals surface area (Å²) in [6, 6.07) is 13.7. The first kappa shape index (κ1) is 36.1. The molecule has 49 heavy (non-hydrogen) atoms. The normalized spacial score (nSPS) is 11.3. The van der Waals surface area contributed by atoms with Gasteiger partial charge in [0.25, 0.3) is 0 Å². The Morgan fingerprint density at radius 3 is 1.69 bits per heavy atom. The number of aromatic nitrogens is 4. The average molecular weight is 703 g/mol. The van der Waals surface area contributed by atoms with Gasteiger partial charge in [0.2, 0.25) is 0 Å². The third kappa shape index (κ3) is 8.05. The van der Waals surface area contributed by atoms with Crippen LogP contribution in [0.1, 0.15) is 42.2 Å². The molecule has 0 amide bonds. The van der Waals surface area contributed by atoms with Gasteiger partial charge in [0.05, 0.1) is 58.5 Å². The minimum Gasteiger partial charge on any atom is -0.493 e. The van der Waals surface area contributed by atoms with Crippen molar-refractivity contribution in [2.24, 2.45) is 0 Å². The number of alkyl halides is 7. The van der Waals surface area contributed by atoms with Crippen LogP contribution in [-0.2, 0) is 18.2 Å². The summed E-state index contributed by atoms with van der Waals surface area (Å²) < 4.78 is 89.5. The number of anilines is 2. The van der Waals surface area contributed by atoms with E-state index in [1.807, 2.05) is 6.07 Å². The highest BCUT2D eigenvalue weighted by Gasteiger charge is 2.36. The van der Waals surface area contributed by atoms with E-state index in [1.165, 1.54) is 36.4 Å². The van der Waals surface area contributed by atoms with Gasteiger partial charge < -0.3 is 25.9 Å². The zero-order valence-electron chi connectivity index (χ0n) is 25.6. The van der Waals surface area contributed by atoms with Crippen molar-refractivity contribution in [3.63, 3.8) is 0 Å². The maximum atomic E-state index is 13.3. The number of nitrogens with zero attached hydrogens (tertiary/aromatic N) is 5. The Balaban J connectivity index is 0.000000223. The molecule has 3 heterocycles. The van der Waals surface area contributed by atoms with E-state index >= 15 is 0 Å². The number of halogens is 7. The number of H-pyrrole nitrogens is 1. The standard InChI is InChI=1S/C17H12ClF3N4O.C15H13F3N4O/c1-2-26-14-4-3-9(5-10(14)17(19,20)21)11-6-12-16(13(8-22)23-11)25-15(7-18)24-12;1-2-23-13-4-3-8(5-9(13)15(16,17)18)11-6-10(20)14(21)12(7-19)22-11/h3-6H,2,7H2,1H3,(H,24,25);3-6H,2,21H2,1H3,(H2,20,22). The van der Waals surface area contributed by atoms with Crippen molar-refractivity contribution in [2.75, 3.05) is 24.7 Å². The number of hydrogen-bond donors (Lipinski definition) is 3. The number of hydrogen-bond acceptors (Lipinski definition) is 9. The Hall–Kier alpha value is -5.74. The van der Waals surface area contributed by atoms with Crippen LogP contribution in [-0.4, -0.2) is 33.1 Å². The molecular formula is C32H25ClF6N8O2. The van der Waals surface area contributed by atoms with Crippen LogP contribution in [0.2, 0.25) is 0 Å². The van der Waals surface area contributed by atoms with E-state index in [1.54, 1.807) is 19.9 Å². The molecule has 3 aromatic heterocycles. The molecule has 10 nitrogen and oxygen atoms in total. The Bertz CT molecular complexity index is 2080. The summed E-state index contributed by atoms with van der Waals surface area (Å²) in [6.07, 6.45) is -9.17. The highest BCUT2D eigenvalue weighted by atomic mass is 35.5. The van der Waals surface area contributed by atoms with E-state index in [2.05, 4.69) is 19.9 Å². The molecule has 0 unspecified atom stereocenters. The summed E-state index contributed by atoms with van der Waals surface area (Å²) in [7, 11) is 0. The maximum Gasteiger partial charge on any atom is 0.419 e. The lowest BCUT2D eigenvalue weighted by atomic mass is 10.0. The SMILES string of the molecule is CCOc1ccc(-c2cc(N)c(N)c(C#N)n2)cc1C(F)(F)F.CCOc1ccc(-c2cc3[nH]c(CCl)nc3c(C#N)n2)cc1C(F)(F)F. The van der Waals surface area contributed by atoms with Gasteiger partial charge in [0.15, 0.2) is 11.4 Å². The van der Waals surface area contributed by atoms with Gasteiger partial charge in [-0.2, -0.15) is 36.9 Å². The van der Waals surface area contributed by atoms with E-state index in [0.717, 1.165) is 12.1 Å². The fourth-order valence-electron chi connectivity index (χ4n) is 4.55. The van der Waals surface area contributed by atoms with Gasteiger partial charge in [-0.25, -0.2) is 15.0 Å². The lowest BCUT2D eigenvalue weighted by molar-refractivity contribution is -0.139. The lowest BCUT2D eigenvalue weighted by Gasteiger charge is -2.15. The zero-order valence-corrected chi connectivity index (χ0v) is 26.3. The van der Waals surface area contributed by atoms with Gasteiger partial charge in [-0.3, -0.25) is 0 Å². The minimum absolute atomic E-state index is 0.00164. The molecule has 0 radical (unpaired) electrons. The van der Waals surface area contributed by atoms with Crippen molar-refractivity contribution >= 4 is 34.0 Å². The van der Waals surface area contributed by atoms with Gasteiger partial charge in [-0.1, -0.05) is 0 Å². The molecule has 0 aliphatic rings. The third-order valence-electron chi connectivity index (χ3n) is 6.71. The number of benzene rings is 2. The summed E-state index contributed by atoms with van der Waals surface area (Å²) in [6.45, 7) is 3.42. The smallest absolute Gasteiger partial charge is 0.419 e. The molecular weight excluding hydrogens is 678 g/mol. The second kappa shape index (κ2) is 14.6. The first-order valence-corrected chi connectivity index (χ1v) is 14.7. The first-order valence-electron chi connectivity index (χ1n) is 14.2. The highest BCUT2D eigenvalue weighted by molar-refractivity contribution is 6.16. The number of fused-ring (bicyclic) bond motifs is 1. The molecule has 17 heteroatoms. The van der Waals surface area contributed by atoms with E-state index < -0.39 is 23.5 Å². The van der Waals surface area contributed by atoms with Gasteiger partial charge >= 0.3 is 12.4 Å². The van der Waals surface area contributed by atoms with E-state index in [0.29, 0.717) is 16.9 Å². The van der Waals surface area contributed by atoms with E-state index in [4.69, 9.17) is 37.8 Å². The van der Waals surface area contributed by atoms with Crippen LogP contribution in [0.4, 0.5) is 37.7 Å². The topological polar surface area (TPSA) is 173 Å². The van der Waals surface area contributed by atoms with Crippen LogP contribution < -0.4 is 20.9 Å². The predicted molar refractivity (Wildman–Crippen MR) is 169 cm³/mol. The molecule has 0 aliphatic heterocycles. The van der Waals surface area contributed by atoms with Gasteiger partial charge in [-0.05, 0) is 62.4 Å². The molecule has 254 valence electrons. The number of nitriles is 2. The molecule has 5 N–H and O–H groups in total. The fourth-order valence-corrected chi connectivity index (χ4v) is 4.67. The third-order valence-corrected chi connectivity index (χ3v) is 6.96. The summed E-state index contributed by atoms with van der Waals surface area (Å²) >= 11 is 5.73. The van der Waals surface area contributed by atoms with Gasteiger partial charge in [0.1, 0.15) is 35.0 Å². The summed E-state index contributed by atoms with van der Waals surface area (Å²) in [5.74, 6) is 0.0275. The van der Waals surface area contributed by atoms with Crippen LogP contribution in [0.3, 0.4) is 0 Å². The largest absolute Gasteiger partial charge is 0.493 e. The van der Waals surface area contributed by atoms with Crippen LogP contribution in [0.5, 0.6) is 11.5 Å². The number of aromatic amines is 1. The van der Waals surface area contributed by atoms with Crippen molar-refractivity contribution in [1.82, 2.24) is 19.9 Å². The van der Waals surface area contributed by atoms with Crippen molar-refractivity contribution < 1.29 is 35.8 Å². The number of nitrogen functional groups attached to an aromatic ring is 2. The lowest BCUT2D eigenvalue weighted by Crippen LogP contribution is -2.09. The first-order chi connectivity index (χ1) is 23.1. The average Bonchev–Trinajstić information content (AvgIpc) is 3.49. The Morgan fingerprint density at radius 1 is 0.755 bits per heavy atom. The van der Waals surface area contributed by atoms with Crippen molar-refractivity contribution in [3.8, 4) is 46.2 Å². The van der Waals surface area contributed by atoms with Crippen LogP contribution in [0.25, 0.3) is 33.5 Å². The quantitative estimate of drug-likeness (QED) is 0.113. The van der Waals surface area contributed by atoms with Gasteiger partial charge in [-0.15, -0.1) is 11.6 Å². The number of pyridine rings is 2. The number of nitrogens with one attached hydrogen (secondary N) is 1. The number of ether oxygens (including phenoxy) is 2. The Kier molecular flexibility index (Phi) is 10.7. The Morgan fingerprint density at radius 2 is 1.24 bits per heavy atom. The number of nitrogens with two attached hydrogens (primary N) is 2. The molecule has 0 bridgehead atoms. The monoisotopic (exact) mass is 702 g/mol. The summed E-state index contributed by atoms with van der Waals surface area (Å²) in [5, 5.41) is 18.3. The van der Waals surface area contributed by atoms with Crippen molar-refractivity contribution in [3.05, 3.63) is 76.9 Å². The number of rotatable bonds is 7. The van der Waals surface area contributed by atoms with Crippen LogP contribution >= 0.6 is 11.6 Å². The molecule has 0 saturated carbocycles. The van der Waals surface area contributed by atoms with Crippen molar-refractivity contribution in [2.45, 2.75) is 32.1 Å². The molecule has 0 atom stereocenters. The maximum absolute atomic E-state index is 13.3. The second-order valence-corrected chi connectivity index (χ2v) is 10.2. The highest BCUT2D eigenvalue weighted by Crippen LogP contribution is 2.40.